The van der Waals surface area contributed by atoms with Crippen molar-refractivity contribution in [2.45, 2.75) is 26.2 Å². The predicted molar refractivity (Wildman–Crippen MR) is 110 cm³/mol. The number of nitrogens with zero attached hydrogens (tertiary/aromatic N) is 4. The Morgan fingerprint density at radius 2 is 1.81 bits per heavy atom. The molecule has 1 N–H and O–H groups in total. The lowest BCUT2D eigenvalue weighted by Gasteiger charge is -2.15. The Hall–Kier alpha value is -2.37. The summed E-state index contributed by atoms with van der Waals surface area (Å²) in [5.41, 5.74) is 5.41. The third-order valence-corrected chi connectivity index (χ3v) is 5.19. The highest BCUT2D eigenvalue weighted by Gasteiger charge is 2.27. The van der Waals surface area contributed by atoms with Gasteiger partial charge in [0.2, 0.25) is 0 Å². The minimum Gasteiger partial charge on any atom is -0.343 e. The van der Waals surface area contributed by atoms with E-state index in [1.165, 1.54) is 0 Å². The van der Waals surface area contributed by atoms with Crippen LogP contribution >= 0.6 is 23.2 Å². The second-order valence-corrected chi connectivity index (χ2v) is 8.31. The first-order chi connectivity index (χ1) is 12.8. The number of aromatic amines is 1. The fraction of sp³-hybridized carbons (Fsp3) is 0.250. The Morgan fingerprint density at radius 3 is 2.48 bits per heavy atom. The van der Waals surface area contributed by atoms with E-state index in [1.807, 2.05) is 42.1 Å². The molecule has 0 amide bonds. The van der Waals surface area contributed by atoms with Gasteiger partial charge < -0.3 is 4.98 Å². The van der Waals surface area contributed by atoms with Gasteiger partial charge in [0.05, 0.1) is 33.9 Å². The Labute approximate surface area is 167 Å². The fourth-order valence-corrected chi connectivity index (χ4v) is 3.97. The van der Waals surface area contributed by atoms with E-state index in [4.69, 9.17) is 23.2 Å². The van der Waals surface area contributed by atoms with Crippen LogP contribution in [0.25, 0.3) is 33.7 Å². The number of hydrogen-bond acceptors (Lipinski definition) is 3. The minimum atomic E-state index is -0.168. The van der Waals surface area contributed by atoms with Gasteiger partial charge in [-0.2, -0.15) is 5.10 Å². The van der Waals surface area contributed by atoms with Crippen LogP contribution in [0.5, 0.6) is 0 Å². The van der Waals surface area contributed by atoms with Crippen molar-refractivity contribution in [1.29, 1.82) is 0 Å². The molecule has 7 heteroatoms. The van der Waals surface area contributed by atoms with E-state index in [0.717, 1.165) is 33.7 Å². The molecule has 0 saturated carbocycles. The highest BCUT2D eigenvalue weighted by molar-refractivity contribution is 6.34. The molecule has 0 fully saturated rings. The molecular formula is C20H19Cl2N5. The molecule has 1 aromatic carbocycles. The molecule has 0 aliphatic heterocycles. The third-order valence-electron chi connectivity index (χ3n) is 4.50. The molecule has 3 aromatic heterocycles. The number of imidazole rings is 1. The molecule has 0 radical (unpaired) electrons. The van der Waals surface area contributed by atoms with Crippen LogP contribution in [0.4, 0.5) is 0 Å². The molecule has 0 atom stereocenters. The minimum absolute atomic E-state index is 0.168. The molecule has 0 spiro atoms. The van der Waals surface area contributed by atoms with Gasteiger partial charge in [-0.05, 0) is 12.1 Å². The zero-order valence-corrected chi connectivity index (χ0v) is 17.0. The molecule has 3 heterocycles. The van der Waals surface area contributed by atoms with E-state index in [9.17, 15) is 0 Å². The quantitative estimate of drug-likeness (QED) is 0.474. The van der Waals surface area contributed by atoms with E-state index in [1.54, 1.807) is 6.33 Å². The summed E-state index contributed by atoms with van der Waals surface area (Å²) in [5.74, 6) is 0. The Morgan fingerprint density at radius 1 is 1.07 bits per heavy atom. The van der Waals surface area contributed by atoms with Crippen molar-refractivity contribution in [3.05, 3.63) is 52.4 Å². The Balaban J connectivity index is 2.02. The standard InChI is InChI=1S/C20H19Cl2N5/c1-20(2,3)18-15(22)17(27(4)26-18)12-9-14(11-7-5-6-8-13(11)21)25-19-16(12)23-10-24-19/h5-10H,1-4H3,(H,23,24,25). The van der Waals surface area contributed by atoms with Crippen LogP contribution in [0.3, 0.4) is 0 Å². The molecule has 0 saturated heterocycles. The maximum Gasteiger partial charge on any atom is 0.178 e. The molecule has 4 rings (SSSR count). The van der Waals surface area contributed by atoms with Gasteiger partial charge in [0.1, 0.15) is 0 Å². The number of benzene rings is 1. The normalized spacial score (nSPS) is 12.1. The van der Waals surface area contributed by atoms with Crippen molar-refractivity contribution in [2.75, 3.05) is 0 Å². The summed E-state index contributed by atoms with van der Waals surface area (Å²) in [5, 5.41) is 5.95. The van der Waals surface area contributed by atoms with E-state index in [-0.39, 0.29) is 5.41 Å². The van der Waals surface area contributed by atoms with Crippen LogP contribution in [0.2, 0.25) is 10.0 Å². The maximum atomic E-state index is 6.78. The van der Waals surface area contributed by atoms with Gasteiger partial charge in [0, 0.05) is 28.6 Å². The lowest BCUT2D eigenvalue weighted by molar-refractivity contribution is 0.553. The topological polar surface area (TPSA) is 59.4 Å². The van der Waals surface area contributed by atoms with Crippen molar-refractivity contribution in [3.63, 3.8) is 0 Å². The van der Waals surface area contributed by atoms with Gasteiger partial charge in [-0.15, -0.1) is 0 Å². The van der Waals surface area contributed by atoms with E-state index in [2.05, 4.69) is 40.8 Å². The van der Waals surface area contributed by atoms with Crippen LogP contribution in [0, 0.1) is 0 Å². The first-order valence-electron chi connectivity index (χ1n) is 8.59. The zero-order chi connectivity index (χ0) is 19.3. The molecule has 4 aromatic rings. The zero-order valence-electron chi connectivity index (χ0n) is 15.5. The number of aryl methyl sites for hydroxylation is 1. The molecule has 0 aliphatic carbocycles. The predicted octanol–water partition coefficient (Wildman–Crippen LogP) is 5.63. The summed E-state index contributed by atoms with van der Waals surface area (Å²) in [7, 11) is 1.90. The number of halogens is 2. The van der Waals surface area contributed by atoms with Crippen LogP contribution in [-0.2, 0) is 12.5 Å². The average Bonchev–Trinajstić information content (AvgIpc) is 3.18. The number of hydrogen-bond donors (Lipinski definition) is 1. The van der Waals surface area contributed by atoms with E-state index < -0.39 is 0 Å². The maximum absolute atomic E-state index is 6.78. The second kappa shape index (κ2) is 6.36. The molecule has 0 unspecified atom stereocenters. The number of H-pyrrole nitrogens is 1. The number of pyridine rings is 1. The van der Waals surface area contributed by atoms with Gasteiger partial charge >= 0.3 is 0 Å². The summed E-state index contributed by atoms with van der Waals surface area (Å²) < 4.78 is 1.81. The SMILES string of the molecule is Cn1nc(C(C)(C)C)c(Cl)c1-c1cc(-c2ccccc2Cl)nc2nc[nH]c12. The molecule has 0 aliphatic rings. The van der Waals surface area contributed by atoms with Crippen molar-refractivity contribution < 1.29 is 0 Å². The smallest absolute Gasteiger partial charge is 0.178 e. The van der Waals surface area contributed by atoms with Gasteiger partial charge in [-0.25, -0.2) is 9.97 Å². The van der Waals surface area contributed by atoms with Gasteiger partial charge in [0.25, 0.3) is 0 Å². The van der Waals surface area contributed by atoms with Crippen LogP contribution in [0.15, 0.2) is 36.7 Å². The third kappa shape index (κ3) is 3.01. The summed E-state index contributed by atoms with van der Waals surface area (Å²) in [6.07, 6.45) is 1.63. The lowest BCUT2D eigenvalue weighted by Crippen LogP contribution is -2.12. The van der Waals surface area contributed by atoms with Crippen LogP contribution in [0.1, 0.15) is 26.5 Å². The van der Waals surface area contributed by atoms with Crippen molar-refractivity contribution in [3.8, 4) is 22.5 Å². The van der Waals surface area contributed by atoms with E-state index >= 15 is 0 Å². The molecule has 27 heavy (non-hydrogen) atoms. The fourth-order valence-electron chi connectivity index (χ4n) is 3.19. The Kier molecular flexibility index (Phi) is 4.24. The van der Waals surface area contributed by atoms with Gasteiger partial charge in [-0.1, -0.05) is 62.2 Å². The highest BCUT2D eigenvalue weighted by atomic mass is 35.5. The van der Waals surface area contributed by atoms with Crippen LogP contribution < -0.4 is 0 Å². The van der Waals surface area contributed by atoms with Crippen molar-refractivity contribution in [2.24, 2.45) is 7.05 Å². The lowest BCUT2D eigenvalue weighted by atomic mass is 9.91. The molecule has 138 valence electrons. The molecular weight excluding hydrogens is 381 g/mol. The van der Waals surface area contributed by atoms with Crippen molar-refractivity contribution in [1.82, 2.24) is 24.7 Å². The molecule has 5 nitrogen and oxygen atoms in total. The summed E-state index contributed by atoms with van der Waals surface area (Å²) in [6.45, 7) is 6.29. The van der Waals surface area contributed by atoms with Gasteiger partial charge in [0.15, 0.2) is 5.65 Å². The number of nitrogens with one attached hydrogen (secondary N) is 1. The van der Waals surface area contributed by atoms with E-state index in [0.29, 0.717) is 15.7 Å². The monoisotopic (exact) mass is 399 g/mol. The number of fused-ring (bicyclic) bond motifs is 1. The second-order valence-electron chi connectivity index (χ2n) is 7.52. The summed E-state index contributed by atoms with van der Waals surface area (Å²) in [6, 6.07) is 9.61. The van der Waals surface area contributed by atoms with Crippen LogP contribution in [-0.4, -0.2) is 24.7 Å². The first-order valence-corrected chi connectivity index (χ1v) is 9.35. The van der Waals surface area contributed by atoms with Gasteiger partial charge in [-0.3, -0.25) is 4.68 Å². The first kappa shape index (κ1) is 18.0. The summed E-state index contributed by atoms with van der Waals surface area (Å²) >= 11 is 13.2. The number of aromatic nitrogens is 5. The molecule has 0 bridgehead atoms. The average molecular weight is 400 g/mol. The number of rotatable bonds is 2. The summed E-state index contributed by atoms with van der Waals surface area (Å²) in [4.78, 5) is 12.2. The largest absolute Gasteiger partial charge is 0.343 e. The Bertz CT molecular complexity index is 1150. The van der Waals surface area contributed by atoms with Crippen molar-refractivity contribution >= 4 is 34.4 Å². The highest BCUT2D eigenvalue weighted by Crippen LogP contribution is 2.40.